The van der Waals surface area contributed by atoms with Crippen LogP contribution in [-0.2, 0) is 21.7 Å². The quantitative estimate of drug-likeness (QED) is 0.164. The van der Waals surface area contributed by atoms with E-state index in [-0.39, 0.29) is 31.1 Å². The van der Waals surface area contributed by atoms with E-state index in [1.807, 2.05) is 87.5 Å². The van der Waals surface area contributed by atoms with E-state index in [1.165, 1.54) is 10.5 Å². The Balaban J connectivity index is 1.32. The molecule has 1 amide bonds. The summed E-state index contributed by atoms with van der Waals surface area (Å²) in [6.45, 7) is 6.30. The van der Waals surface area contributed by atoms with E-state index in [0.29, 0.717) is 11.5 Å². The second kappa shape index (κ2) is 14.0. The maximum Gasteiger partial charge on any atom is 0.410 e. The third kappa shape index (κ3) is 7.83. The molecule has 4 aromatic rings. The van der Waals surface area contributed by atoms with Gasteiger partial charge in [0.1, 0.15) is 24.0 Å². The molecule has 0 fully saturated rings. The van der Waals surface area contributed by atoms with E-state index >= 15 is 0 Å². The molecule has 0 radical (unpaired) electrons. The molecule has 44 heavy (non-hydrogen) atoms. The highest BCUT2D eigenvalue weighted by atomic mass is 32.2. The fourth-order valence-corrected chi connectivity index (χ4v) is 6.48. The predicted octanol–water partition coefficient (Wildman–Crippen LogP) is 8.04. The molecule has 0 unspecified atom stereocenters. The zero-order valence-corrected chi connectivity index (χ0v) is 26.3. The van der Waals surface area contributed by atoms with Gasteiger partial charge in [-0.3, -0.25) is 4.90 Å². The summed E-state index contributed by atoms with van der Waals surface area (Å²) >= 11 is 1.66. The van der Waals surface area contributed by atoms with Crippen LogP contribution in [0.1, 0.15) is 48.9 Å². The number of benzene rings is 4. The van der Waals surface area contributed by atoms with Crippen molar-refractivity contribution in [1.82, 2.24) is 4.90 Å². The lowest BCUT2D eigenvalue weighted by atomic mass is 9.98. The van der Waals surface area contributed by atoms with Gasteiger partial charge >= 0.3 is 12.1 Å². The first kappa shape index (κ1) is 31.2. The second-order valence-corrected chi connectivity index (χ2v) is 13.1. The minimum atomic E-state index is -1.09. The van der Waals surface area contributed by atoms with Gasteiger partial charge < -0.3 is 14.6 Å². The Bertz CT molecular complexity index is 1520. The van der Waals surface area contributed by atoms with Crippen LogP contribution in [0.3, 0.4) is 0 Å². The number of carboxylic acids is 1. The number of carbonyl (C=O) groups excluding carboxylic acids is 1. The molecule has 228 valence electrons. The van der Waals surface area contributed by atoms with Crippen LogP contribution in [0.15, 0.2) is 103 Å². The lowest BCUT2D eigenvalue weighted by molar-refractivity contribution is -0.142. The molecule has 0 heterocycles. The lowest BCUT2D eigenvalue weighted by Crippen LogP contribution is -2.48. The maximum absolute atomic E-state index is 13.7. The van der Waals surface area contributed by atoms with E-state index in [1.54, 1.807) is 11.8 Å². The molecule has 0 saturated heterocycles. The van der Waals surface area contributed by atoms with Crippen LogP contribution >= 0.6 is 11.8 Å². The summed E-state index contributed by atoms with van der Waals surface area (Å²) < 4.78 is 11.9. The number of nitrogens with zero attached hydrogens (tertiary/aromatic N) is 1. The zero-order chi connectivity index (χ0) is 31.1. The average Bonchev–Trinajstić information content (AvgIpc) is 3.33. The van der Waals surface area contributed by atoms with Gasteiger partial charge in [-0.25, -0.2) is 9.59 Å². The van der Waals surface area contributed by atoms with Crippen molar-refractivity contribution in [3.63, 3.8) is 0 Å². The Morgan fingerprint density at radius 1 is 0.818 bits per heavy atom. The second-order valence-electron chi connectivity index (χ2n) is 12.0. The topological polar surface area (TPSA) is 76.1 Å². The highest BCUT2D eigenvalue weighted by Gasteiger charge is 2.33. The number of carbonyl (C=O) groups is 2. The molecular weight excluding hydrogens is 570 g/mol. The molecule has 4 aromatic carbocycles. The Morgan fingerprint density at radius 2 is 1.41 bits per heavy atom. The largest absolute Gasteiger partial charge is 0.488 e. The third-order valence-corrected chi connectivity index (χ3v) is 8.61. The molecule has 1 aliphatic carbocycles. The first-order chi connectivity index (χ1) is 21.2. The number of thioether (sulfide) groups is 1. The van der Waals surface area contributed by atoms with Crippen molar-refractivity contribution < 1.29 is 24.2 Å². The number of amides is 1. The summed E-state index contributed by atoms with van der Waals surface area (Å²) in [5.74, 6) is 0.868. The number of fused-ring (bicyclic) bond motifs is 3. The van der Waals surface area contributed by atoms with Gasteiger partial charge in [0.15, 0.2) is 0 Å². The highest BCUT2D eigenvalue weighted by molar-refractivity contribution is 7.98. The van der Waals surface area contributed by atoms with Crippen molar-refractivity contribution in [2.24, 2.45) is 0 Å². The van der Waals surface area contributed by atoms with Crippen LogP contribution in [0.4, 0.5) is 4.79 Å². The summed E-state index contributed by atoms with van der Waals surface area (Å²) in [4.78, 5) is 27.8. The van der Waals surface area contributed by atoms with Crippen molar-refractivity contribution in [3.8, 4) is 16.9 Å². The fraction of sp³-hybridized carbons (Fsp3) is 0.297. The SMILES string of the molecule is CC(C)(C)Oc1ccc(C[C@@H](C(=O)O)N(CCSCc2ccccc2)C(=O)OCC2c3ccccc3-c3ccccc32)cc1. The Hall–Kier alpha value is -4.23. The summed E-state index contributed by atoms with van der Waals surface area (Å²) in [6, 6.07) is 32.7. The Morgan fingerprint density at radius 3 is 2.00 bits per heavy atom. The van der Waals surface area contributed by atoms with Crippen molar-refractivity contribution in [2.75, 3.05) is 18.9 Å². The first-order valence-electron chi connectivity index (χ1n) is 14.9. The molecule has 0 bridgehead atoms. The van der Waals surface area contributed by atoms with E-state index in [2.05, 4.69) is 36.4 Å². The molecule has 0 saturated carbocycles. The summed E-state index contributed by atoms with van der Waals surface area (Å²) in [5, 5.41) is 10.4. The molecule has 0 spiro atoms. The van der Waals surface area contributed by atoms with Crippen LogP contribution in [0.5, 0.6) is 5.75 Å². The van der Waals surface area contributed by atoms with E-state index in [4.69, 9.17) is 9.47 Å². The molecule has 5 rings (SSSR count). The Kier molecular flexibility index (Phi) is 9.95. The van der Waals surface area contributed by atoms with Crippen molar-refractivity contribution in [3.05, 3.63) is 125 Å². The normalized spacial score (nSPS) is 13.1. The van der Waals surface area contributed by atoms with Gasteiger partial charge in [0, 0.05) is 30.4 Å². The van der Waals surface area contributed by atoms with Crippen LogP contribution in [0, 0.1) is 0 Å². The van der Waals surface area contributed by atoms with E-state index in [9.17, 15) is 14.7 Å². The number of rotatable bonds is 12. The molecule has 7 heteroatoms. The minimum Gasteiger partial charge on any atom is -0.488 e. The smallest absolute Gasteiger partial charge is 0.410 e. The van der Waals surface area contributed by atoms with Gasteiger partial charge in [-0.2, -0.15) is 11.8 Å². The average molecular weight is 610 g/mol. The Labute approximate surface area is 264 Å². The van der Waals surface area contributed by atoms with Gasteiger partial charge in [-0.05, 0) is 66.3 Å². The number of carboxylic acid groups (broad SMARTS) is 1. The van der Waals surface area contributed by atoms with Crippen LogP contribution in [0.25, 0.3) is 11.1 Å². The van der Waals surface area contributed by atoms with Gasteiger partial charge in [-0.15, -0.1) is 0 Å². The molecule has 1 aliphatic rings. The zero-order valence-electron chi connectivity index (χ0n) is 25.4. The van der Waals surface area contributed by atoms with Crippen LogP contribution in [-0.4, -0.2) is 52.6 Å². The number of ether oxygens (including phenoxy) is 2. The lowest BCUT2D eigenvalue weighted by Gasteiger charge is -2.29. The summed E-state index contributed by atoms with van der Waals surface area (Å²) in [5.41, 5.74) is 6.13. The van der Waals surface area contributed by atoms with Crippen LogP contribution in [0.2, 0.25) is 0 Å². The number of hydrogen-bond donors (Lipinski definition) is 1. The van der Waals surface area contributed by atoms with Crippen molar-refractivity contribution in [1.29, 1.82) is 0 Å². The first-order valence-corrected chi connectivity index (χ1v) is 16.1. The predicted molar refractivity (Wildman–Crippen MR) is 176 cm³/mol. The highest BCUT2D eigenvalue weighted by Crippen LogP contribution is 2.44. The molecular formula is C37H39NO5S. The van der Waals surface area contributed by atoms with E-state index < -0.39 is 18.1 Å². The maximum atomic E-state index is 13.7. The third-order valence-electron chi connectivity index (χ3n) is 7.60. The summed E-state index contributed by atoms with van der Waals surface area (Å²) in [6.07, 6.45) is -0.467. The van der Waals surface area contributed by atoms with Gasteiger partial charge in [0.25, 0.3) is 0 Å². The van der Waals surface area contributed by atoms with E-state index in [0.717, 1.165) is 33.6 Å². The van der Waals surface area contributed by atoms with Crippen molar-refractivity contribution in [2.45, 2.75) is 50.5 Å². The molecule has 0 aliphatic heterocycles. The number of aliphatic carboxylic acids is 1. The molecule has 0 aromatic heterocycles. The van der Waals surface area contributed by atoms with Gasteiger partial charge in [-0.1, -0.05) is 91.0 Å². The monoisotopic (exact) mass is 609 g/mol. The van der Waals surface area contributed by atoms with Crippen LogP contribution < -0.4 is 4.74 Å². The van der Waals surface area contributed by atoms with Crippen molar-refractivity contribution >= 4 is 23.8 Å². The molecule has 1 N–H and O–H groups in total. The molecule has 1 atom stereocenters. The summed E-state index contributed by atoms with van der Waals surface area (Å²) in [7, 11) is 0. The fourth-order valence-electron chi connectivity index (χ4n) is 5.58. The standard InChI is InChI=1S/C37H39NO5S/c1-37(2,3)43-28-19-17-26(18-20-28)23-34(35(39)40)38(21-22-44-25-27-11-5-4-6-12-27)36(41)42-24-33-31-15-9-7-13-29(31)30-14-8-10-16-32(30)33/h4-20,33-34H,21-25H2,1-3H3,(H,39,40)/t34-/m0/s1. The number of hydrogen-bond acceptors (Lipinski definition) is 5. The minimum absolute atomic E-state index is 0.112. The van der Waals surface area contributed by atoms with Gasteiger partial charge in [0.2, 0.25) is 0 Å². The molecule has 6 nitrogen and oxygen atoms in total. The van der Waals surface area contributed by atoms with Gasteiger partial charge in [0.05, 0.1) is 0 Å².